The Kier molecular flexibility index (Phi) is 5.46. The molecule has 21 heavy (non-hydrogen) atoms. The normalized spacial score (nSPS) is 11.6. The molecule has 0 radical (unpaired) electrons. The maximum atomic E-state index is 12.0. The summed E-state index contributed by atoms with van der Waals surface area (Å²) in [5.74, 6) is -0.253. The third-order valence-electron chi connectivity index (χ3n) is 2.87. The van der Waals surface area contributed by atoms with E-state index in [1.807, 2.05) is 13.8 Å². The number of carbonyl (C=O) groups is 1. The molecule has 0 saturated carbocycles. The molecule has 0 unspecified atom stereocenters. The molecule has 118 valence electrons. The van der Waals surface area contributed by atoms with Crippen LogP contribution in [0.1, 0.15) is 30.9 Å². The molecule has 3 N–H and O–H groups in total. The Hall–Kier alpha value is -1.92. The number of nitrogens with one attached hydrogen (secondary N) is 1. The Bertz CT molecular complexity index is 514. The molecule has 0 heterocycles. The van der Waals surface area contributed by atoms with Crippen LogP contribution in [0, 0.1) is 6.92 Å². The van der Waals surface area contributed by atoms with Crippen molar-refractivity contribution >= 4 is 11.6 Å². The van der Waals surface area contributed by atoms with Gasteiger partial charge in [-0.1, -0.05) is 13.8 Å². The lowest BCUT2D eigenvalue weighted by atomic mass is 9.99. The number of benzene rings is 1. The van der Waals surface area contributed by atoms with E-state index in [0.717, 1.165) is 11.1 Å². The van der Waals surface area contributed by atoms with Crippen LogP contribution >= 0.6 is 0 Å². The molecule has 0 aliphatic rings. The number of nitrogen functional groups attached to an aromatic ring is 1. The number of anilines is 1. The molecule has 0 saturated heterocycles. The molecular weight excluding hydrogens is 285 g/mol. The fourth-order valence-corrected chi connectivity index (χ4v) is 1.69. The average Bonchev–Trinajstić information content (AvgIpc) is 2.36. The number of alkyl halides is 3. The van der Waals surface area contributed by atoms with Crippen LogP contribution in [0.2, 0.25) is 0 Å². The van der Waals surface area contributed by atoms with Crippen LogP contribution in [0.25, 0.3) is 0 Å². The van der Waals surface area contributed by atoms with Gasteiger partial charge in [-0.15, -0.1) is 0 Å². The molecule has 1 rings (SSSR count). The van der Waals surface area contributed by atoms with Gasteiger partial charge in [-0.05, 0) is 36.1 Å². The van der Waals surface area contributed by atoms with Crippen molar-refractivity contribution in [2.75, 3.05) is 18.9 Å². The molecule has 0 bridgehead atoms. The second-order valence-electron chi connectivity index (χ2n) is 5.08. The largest absolute Gasteiger partial charge is 0.483 e. The van der Waals surface area contributed by atoms with Crippen molar-refractivity contribution < 1.29 is 22.7 Å². The number of nitrogens with two attached hydrogens (primary N) is 1. The van der Waals surface area contributed by atoms with Crippen molar-refractivity contribution in [3.05, 3.63) is 23.3 Å². The van der Waals surface area contributed by atoms with Gasteiger partial charge in [0.2, 0.25) is 0 Å². The molecule has 4 nitrogen and oxygen atoms in total. The summed E-state index contributed by atoms with van der Waals surface area (Å²) < 4.78 is 41.3. The summed E-state index contributed by atoms with van der Waals surface area (Å²) in [5.41, 5.74) is 8.01. The highest BCUT2D eigenvalue weighted by molar-refractivity contribution is 5.77. The molecule has 0 spiro atoms. The monoisotopic (exact) mass is 304 g/mol. The van der Waals surface area contributed by atoms with Crippen LogP contribution in [-0.2, 0) is 4.79 Å². The Morgan fingerprint density at radius 2 is 2.00 bits per heavy atom. The highest BCUT2D eigenvalue weighted by Gasteiger charge is 2.27. The van der Waals surface area contributed by atoms with Gasteiger partial charge in [-0.25, -0.2) is 0 Å². The van der Waals surface area contributed by atoms with Crippen molar-refractivity contribution in [1.29, 1.82) is 0 Å². The van der Waals surface area contributed by atoms with E-state index in [0.29, 0.717) is 11.4 Å². The fraction of sp³-hybridized carbons (Fsp3) is 0.500. The van der Waals surface area contributed by atoms with Gasteiger partial charge in [0.1, 0.15) is 12.3 Å². The first kappa shape index (κ1) is 17.1. The smallest absolute Gasteiger partial charge is 0.405 e. The third-order valence-corrected chi connectivity index (χ3v) is 2.87. The second kappa shape index (κ2) is 6.69. The third kappa shape index (κ3) is 5.53. The van der Waals surface area contributed by atoms with Crippen LogP contribution in [0.3, 0.4) is 0 Å². The van der Waals surface area contributed by atoms with Gasteiger partial charge in [0.25, 0.3) is 5.91 Å². The molecule has 0 aliphatic heterocycles. The Balaban J connectivity index is 2.71. The van der Waals surface area contributed by atoms with Crippen LogP contribution < -0.4 is 15.8 Å². The average molecular weight is 304 g/mol. The predicted molar refractivity (Wildman–Crippen MR) is 74.2 cm³/mol. The zero-order chi connectivity index (χ0) is 16.2. The Morgan fingerprint density at radius 1 is 1.38 bits per heavy atom. The van der Waals surface area contributed by atoms with Crippen molar-refractivity contribution in [2.24, 2.45) is 0 Å². The number of halogens is 3. The minimum Gasteiger partial charge on any atom is -0.483 e. The van der Waals surface area contributed by atoms with Gasteiger partial charge >= 0.3 is 6.18 Å². The Labute approximate surface area is 121 Å². The number of amides is 1. The molecule has 1 amide bonds. The molecule has 0 aliphatic carbocycles. The SMILES string of the molecule is Cc1cc(OCC(=O)NCC(F)(F)F)c(C(C)C)cc1N. The van der Waals surface area contributed by atoms with Crippen molar-refractivity contribution in [1.82, 2.24) is 5.32 Å². The minimum atomic E-state index is -4.43. The van der Waals surface area contributed by atoms with Gasteiger partial charge in [-0.2, -0.15) is 13.2 Å². The first-order valence-corrected chi connectivity index (χ1v) is 6.46. The summed E-state index contributed by atoms with van der Waals surface area (Å²) in [6, 6.07) is 3.44. The number of hydrogen-bond donors (Lipinski definition) is 2. The topological polar surface area (TPSA) is 64.3 Å². The van der Waals surface area contributed by atoms with Crippen LogP contribution in [0.4, 0.5) is 18.9 Å². The number of aryl methyl sites for hydroxylation is 1. The molecule has 0 fully saturated rings. The highest BCUT2D eigenvalue weighted by atomic mass is 19.4. The number of rotatable bonds is 5. The van der Waals surface area contributed by atoms with Crippen LogP contribution in [0.15, 0.2) is 12.1 Å². The minimum absolute atomic E-state index is 0.112. The van der Waals surface area contributed by atoms with E-state index in [2.05, 4.69) is 0 Å². The number of ether oxygens (including phenoxy) is 1. The zero-order valence-electron chi connectivity index (χ0n) is 12.2. The summed E-state index contributed by atoms with van der Waals surface area (Å²) >= 11 is 0. The molecular formula is C14H19F3N2O2. The van der Waals surface area contributed by atoms with Gasteiger partial charge in [-0.3, -0.25) is 4.79 Å². The summed E-state index contributed by atoms with van der Waals surface area (Å²) in [6.07, 6.45) is -4.43. The summed E-state index contributed by atoms with van der Waals surface area (Å²) in [5, 5.41) is 1.75. The van der Waals surface area contributed by atoms with Crippen molar-refractivity contribution in [2.45, 2.75) is 32.9 Å². The predicted octanol–water partition coefficient (Wildman–Crippen LogP) is 2.76. The van der Waals surface area contributed by atoms with E-state index in [1.165, 1.54) is 0 Å². The van der Waals surface area contributed by atoms with E-state index in [-0.39, 0.29) is 5.92 Å². The molecule has 0 atom stereocenters. The van der Waals surface area contributed by atoms with Gasteiger partial charge in [0.05, 0.1) is 0 Å². The zero-order valence-corrected chi connectivity index (χ0v) is 12.2. The van der Waals surface area contributed by atoms with Crippen molar-refractivity contribution in [3.63, 3.8) is 0 Å². The summed E-state index contributed by atoms with van der Waals surface area (Å²) in [6.45, 7) is 3.81. The molecule has 7 heteroatoms. The maximum absolute atomic E-state index is 12.0. The first-order chi connectivity index (χ1) is 9.60. The standard InChI is InChI=1S/C14H19F3N2O2/c1-8(2)10-5-11(18)9(3)4-12(10)21-6-13(20)19-7-14(15,16)17/h4-5,8H,6-7,18H2,1-3H3,(H,19,20). The maximum Gasteiger partial charge on any atom is 0.405 e. The van der Waals surface area contributed by atoms with E-state index in [1.54, 1.807) is 24.4 Å². The summed E-state index contributed by atoms with van der Waals surface area (Å²) in [7, 11) is 0. The highest BCUT2D eigenvalue weighted by Crippen LogP contribution is 2.30. The van der Waals surface area contributed by atoms with E-state index >= 15 is 0 Å². The lowest BCUT2D eigenvalue weighted by Crippen LogP contribution is -2.36. The van der Waals surface area contributed by atoms with Crippen LogP contribution in [0.5, 0.6) is 5.75 Å². The lowest BCUT2D eigenvalue weighted by Gasteiger charge is -2.16. The molecule has 1 aromatic rings. The van der Waals surface area contributed by atoms with E-state index in [9.17, 15) is 18.0 Å². The van der Waals surface area contributed by atoms with Gasteiger partial charge < -0.3 is 15.8 Å². The van der Waals surface area contributed by atoms with Crippen molar-refractivity contribution in [3.8, 4) is 5.75 Å². The van der Waals surface area contributed by atoms with E-state index < -0.39 is 25.2 Å². The lowest BCUT2D eigenvalue weighted by molar-refractivity contribution is -0.139. The molecule has 1 aromatic carbocycles. The number of hydrogen-bond acceptors (Lipinski definition) is 3. The van der Waals surface area contributed by atoms with Gasteiger partial charge in [0, 0.05) is 5.69 Å². The van der Waals surface area contributed by atoms with Gasteiger partial charge in [0.15, 0.2) is 6.61 Å². The quantitative estimate of drug-likeness (QED) is 0.822. The fourth-order valence-electron chi connectivity index (χ4n) is 1.69. The Morgan fingerprint density at radius 3 is 2.52 bits per heavy atom. The first-order valence-electron chi connectivity index (χ1n) is 6.46. The van der Waals surface area contributed by atoms with E-state index in [4.69, 9.17) is 10.5 Å². The van der Waals surface area contributed by atoms with Crippen LogP contribution in [-0.4, -0.2) is 25.2 Å². The number of carbonyl (C=O) groups excluding carboxylic acids is 1. The molecule has 0 aromatic heterocycles. The summed E-state index contributed by atoms with van der Waals surface area (Å²) in [4.78, 5) is 11.3. The second-order valence-corrected chi connectivity index (χ2v) is 5.08.